The van der Waals surface area contributed by atoms with Gasteiger partial charge in [0.1, 0.15) is 10.2 Å². The van der Waals surface area contributed by atoms with Crippen molar-refractivity contribution in [1.29, 1.82) is 0 Å². The van der Waals surface area contributed by atoms with Gasteiger partial charge >= 0.3 is 0 Å². The van der Waals surface area contributed by atoms with Gasteiger partial charge in [0, 0.05) is 11.8 Å². The maximum absolute atomic E-state index is 11.9. The maximum Gasteiger partial charge on any atom is 0.256 e. The van der Waals surface area contributed by atoms with Gasteiger partial charge in [-0.25, -0.2) is 4.98 Å². The highest BCUT2D eigenvalue weighted by Crippen LogP contribution is 2.22. The Bertz CT molecular complexity index is 435. The molecule has 1 heterocycles. The number of anilines is 1. The lowest BCUT2D eigenvalue weighted by Gasteiger charge is -2.21. The molecule has 1 aromatic heterocycles. The largest absolute Gasteiger partial charge is 0.481 e. The van der Waals surface area contributed by atoms with Gasteiger partial charge in [-0.15, -0.1) is 0 Å². The maximum atomic E-state index is 11.9. The molecular formula is C12H17BrN2O3. The van der Waals surface area contributed by atoms with Crippen molar-refractivity contribution in [2.75, 3.05) is 12.4 Å². The van der Waals surface area contributed by atoms with Crippen LogP contribution in [0.3, 0.4) is 0 Å². The molecule has 0 saturated carbocycles. The number of pyridine rings is 1. The number of halogens is 1. The summed E-state index contributed by atoms with van der Waals surface area (Å²) in [6.07, 6.45) is 1.13. The lowest BCUT2D eigenvalue weighted by Crippen LogP contribution is -2.39. The molecule has 1 aromatic rings. The number of amides is 1. The number of carbonyl (C=O) groups excluding carboxylic acids is 1. The minimum atomic E-state index is -1.38. The van der Waals surface area contributed by atoms with Crippen LogP contribution in [-0.2, 0) is 4.79 Å². The summed E-state index contributed by atoms with van der Waals surface area (Å²) in [6.45, 7) is 3.41. The first-order valence-electron chi connectivity index (χ1n) is 5.64. The van der Waals surface area contributed by atoms with E-state index in [-0.39, 0.29) is 0 Å². The first kappa shape index (κ1) is 14.9. The van der Waals surface area contributed by atoms with Crippen molar-refractivity contribution in [3.8, 4) is 5.88 Å². The summed E-state index contributed by atoms with van der Waals surface area (Å²) in [5, 5.41) is 12.6. The molecule has 0 saturated heterocycles. The average molecular weight is 317 g/mol. The zero-order valence-electron chi connectivity index (χ0n) is 10.7. The minimum absolute atomic E-state index is 0.384. The molecule has 0 radical (unpaired) electrons. The van der Waals surface area contributed by atoms with Crippen LogP contribution < -0.4 is 10.1 Å². The van der Waals surface area contributed by atoms with E-state index >= 15 is 0 Å². The highest BCUT2D eigenvalue weighted by molar-refractivity contribution is 9.10. The number of carbonyl (C=O) groups is 1. The van der Waals surface area contributed by atoms with Gasteiger partial charge in [-0.3, -0.25) is 4.79 Å². The Morgan fingerprint density at radius 3 is 2.83 bits per heavy atom. The van der Waals surface area contributed by atoms with E-state index in [9.17, 15) is 9.90 Å². The van der Waals surface area contributed by atoms with Gasteiger partial charge in [0.25, 0.3) is 5.91 Å². The third kappa shape index (κ3) is 3.96. The van der Waals surface area contributed by atoms with Gasteiger partial charge < -0.3 is 15.2 Å². The molecule has 2 N–H and O–H groups in total. The molecule has 0 aliphatic rings. The Labute approximate surface area is 115 Å². The van der Waals surface area contributed by atoms with Crippen molar-refractivity contribution in [2.45, 2.75) is 32.3 Å². The van der Waals surface area contributed by atoms with E-state index < -0.39 is 11.5 Å². The third-order valence-electron chi connectivity index (χ3n) is 2.46. The van der Waals surface area contributed by atoms with E-state index in [1.54, 1.807) is 12.1 Å². The Morgan fingerprint density at radius 1 is 1.61 bits per heavy atom. The van der Waals surface area contributed by atoms with Gasteiger partial charge in [0.05, 0.1) is 7.11 Å². The number of hydrogen-bond acceptors (Lipinski definition) is 4. The zero-order chi connectivity index (χ0) is 13.8. The molecule has 5 nitrogen and oxygen atoms in total. The second-order valence-corrected chi connectivity index (χ2v) is 5.01. The first-order chi connectivity index (χ1) is 8.39. The summed E-state index contributed by atoms with van der Waals surface area (Å²) in [5.74, 6) is -0.0562. The number of ether oxygens (including phenoxy) is 1. The van der Waals surface area contributed by atoms with Crippen LogP contribution in [0.4, 0.5) is 5.69 Å². The number of nitrogens with one attached hydrogen (secondary N) is 1. The van der Waals surface area contributed by atoms with E-state index in [1.165, 1.54) is 14.0 Å². The quantitative estimate of drug-likeness (QED) is 0.818. The van der Waals surface area contributed by atoms with E-state index in [1.807, 2.05) is 6.92 Å². The van der Waals surface area contributed by atoms with Gasteiger partial charge in [-0.05, 0) is 35.3 Å². The SMILES string of the molecule is CCC[C@](C)(O)C(=O)Nc1cc(Br)nc(OC)c1. The summed E-state index contributed by atoms with van der Waals surface area (Å²) in [6, 6.07) is 3.23. The predicted molar refractivity (Wildman–Crippen MR) is 72.7 cm³/mol. The van der Waals surface area contributed by atoms with Crippen molar-refractivity contribution in [2.24, 2.45) is 0 Å². The van der Waals surface area contributed by atoms with Gasteiger partial charge in [0.15, 0.2) is 0 Å². The fourth-order valence-corrected chi connectivity index (χ4v) is 1.94. The summed E-state index contributed by atoms with van der Waals surface area (Å²) < 4.78 is 5.54. The van der Waals surface area contributed by atoms with Crippen LogP contribution in [0.2, 0.25) is 0 Å². The van der Waals surface area contributed by atoms with Crippen molar-refractivity contribution in [1.82, 2.24) is 4.98 Å². The molecule has 0 aliphatic heterocycles. The van der Waals surface area contributed by atoms with Crippen LogP contribution in [0.1, 0.15) is 26.7 Å². The normalized spacial score (nSPS) is 13.8. The van der Waals surface area contributed by atoms with E-state index in [0.717, 1.165) is 6.42 Å². The fraction of sp³-hybridized carbons (Fsp3) is 0.500. The van der Waals surface area contributed by atoms with Crippen LogP contribution >= 0.6 is 15.9 Å². The predicted octanol–water partition coefficient (Wildman–Crippen LogP) is 2.34. The van der Waals surface area contributed by atoms with Crippen LogP contribution in [-0.4, -0.2) is 28.7 Å². The van der Waals surface area contributed by atoms with Crippen LogP contribution in [0.5, 0.6) is 5.88 Å². The molecule has 0 spiro atoms. The lowest BCUT2D eigenvalue weighted by atomic mass is 10.00. The van der Waals surface area contributed by atoms with Crippen LogP contribution in [0.15, 0.2) is 16.7 Å². The number of methoxy groups -OCH3 is 1. The molecule has 6 heteroatoms. The molecule has 18 heavy (non-hydrogen) atoms. The summed E-state index contributed by atoms with van der Waals surface area (Å²) >= 11 is 3.22. The van der Waals surface area contributed by atoms with Crippen molar-refractivity contribution >= 4 is 27.5 Å². The Kier molecular flexibility index (Phi) is 5.10. The van der Waals surface area contributed by atoms with E-state index in [4.69, 9.17) is 4.74 Å². The second kappa shape index (κ2) is 6.15. The molecule has 1 atom stereocenters. The van der Waals surface area contributed by atoms with Crippen molar-refractivity contribution < 1.29 is 14.6 Å². The van der Waals surface area contributed by atoms with E-state index in [2.05, 4.69) is 26.2 Å². The molecular weight excluding hydrogens is 300 g/mol. The number of aliphatic hydroxyl groups is 1. The summed E-state index contributed by atoms with van der Waals surface area (Å²) in [4.78, 5) is 15.9. The Hall–Kier alpha value is -1.14. The number of nitrogens with zero attached hydrogens (tertiary/aromatic N) is 1. The fourth-order valence-electron chi connectivity index (χ4n) is 1.52. The highest BCUT2D eigenvalue weighted by Gasteiger charge is 2.29. The lowest BCUT2D eigenvalue weighted by molar-refractivity contribution is -0.133. The molecule has 0 aromatic carbocycles. The van der Waals surface area contributed by atoms with Gasteiger partial charge in [0.2, 0.25) is 5.88 Å². The Morgan fingerprint density at radius 2 is 2.28 bits per heavy atom. The van der Waals surface area contributed by atoms with Gasteiger partial charge in [-0.2, -0.15) is 0 Å². The van der Waals surface area contributed by atoms with Crippen molar-refractivity contribution in [3.05, 3.63) is 16.7 Å². The monoisotopic (exact) mass is 316 g/mol. The topological polar surface area (TPSA) is 71.5 Å². The first-order valence-corrected chi connectivity index (χ1v) is 6.43. The minimum Gasteiger partial charge on any atom is -0.481 e. The van der Waals surface area contributed by atoms with Crippen LogP contribution in [0.25, 0.3) is 0 Å². The number of rotatable bonds is 5. The van der Waals surface area contributed by atoms with Crippen LogP contribution in [0, 0.1) is 0 Å². The van der Waals surface area contributed by atoms with Gasteiger partial charge in [-0.1, -0.05) is 13.3 Å². The molecule has 0 fully saturated rings. The molecule has 0 unspecified atom stereocenters. The van der Waals surface area contributed by atoms with E-state index in [0.29, 0.717) is 22.6 Å². The number of aromatic nitrogens is 1. The number of hydrogen-bond donors (Lipinski definition) is 2. The smallest absolute Gasteiger partial charge is 0.256 e. The molecule has 100 valence electrons. The highest BCUT2D eigenvalue weighted by atomic mass is 79.9. The standard InChI is InChI=1S/C12H17BrN2O3/c1-4-5-12(2,17)11(16)14-8-6-9(13)15-10(7-8)18-3/h6-7,17H,4-5H2,1-3H3,(H,14,15,16)/t12-/m0/s1. The zero-order valence-corrected chi connectivity index (χ0v) is 12.2. The third-order valence-corrected chi connectivity index (χ3v) is 2.87. The Balaban J connectivity index is 2.84. The average Bonchev–Trinajstić information content (AvgIpc) is 2.27. The summed E-state index contributed by atoms with van der Waals surface area (Å²) in [7, 11) is 1.49. The van der Waals surface area contributed by atoms with Crippen molar-refractivity contribution in [3.63, 3.8) is 0 Å². The molecule has 1 amide bonds. The second-order valence-electron chi connectivity index (χ2n) is 4.20. The molecule has 0 aliphatic carbocycles. The molecule has 1 rings (SSSR count). The molecule has 0 bridgehead atoms. The summed E-state index contributed by atoms with van der Waals surface area (Å²) in [5.41, 5.74) is -0.854.